The first-order chi connectivity index (χ1) is 9.04. The van der Waals surface area contributed by atoms with Gasteiger partial charge in [-0.15, -0.1) is 0 Å². The highest BCUT2D eigenvalue weighted by atomic mass is 16.2. The average Bonchev–Trinajstić information content (AvgIpc) is 2.36. The molecule has 3 N–H and O–H groups in total. The van der Waals surface area contributed by atoms with E-state index in [1.54, 1.807) is 12.1 Å². The second-order valence-electron chi connectivity index (χ2n) is 4.48. The SMILES string of the molecule is CCNC(=O)CNC(=O)c1ccccc1NC(C)C. The Kier molecular flexibility index (Phi) is 5.85. The summed E-state index contributed by atoms with van der Waals surface area (Å²) < 4.78 is 0. The molecule has 5 nitrogen and oxygen atoms in total. The standard InChI is InChI=1S/C14H21N3O2/c1-4-15-13(18)9-16-14(19)11-7-5-6-8-12(11)17-10(2)3/h5-8,10,17H,4,9H2,1-3H3,(H,15,18)(H,16,19). The van der Waals surface area contributed by atoms with Crippen LogP contribution in [0, 0.1) is 0 Å². The fourth-order valence-electron chi connectivity index (χ4n) is 1.63. The minimum absolute atomic E-state index is 0.0112. The molecule has 0 heterocycles. The van der Waals surface area contributed by atoms with Crippen LogP contribution in [0.25, 0.3) is 0 Å². The van der Waals surface area contributed by atoms with Gasteiger partial charge in [-0.05, 0) is 32.9 Å². The summed E-state index contributed by atoms with van der Waals surface area (Å²) in [6.07, 6.45) is 0. The van der Waals surface area contributed by atoms with Crippen molar-refractivity contribution in [3.05, 3.63) is 29.8 Å². The van der Waals surface area contributed by atoms with Crippen molar-refractivity contribution < 1.29 is 9.59 Å². The highest BCUT2D eigenvalue weighted by Gasteiger charge is 2.12. The molecule has 0 atom stereocenters. The number of carbonyl (C=O) groups is 2. The summed E-state index contributed by atoms with van der Waals surface area (Å²) in [7, 11) is 0. The topological polar surface area (TPSA) is 70.2 Å². The number of hydrogen-bond donors (Lipinski definition) is 3. The largest absolute Gasteiger partial charge is 0.382 e. The highest BCUT2D eigenvalue weighted by molar-refractivity contribution is 6.01. The maximum Gasteiger partial charge on any atom is 0.253 e. The predicted octanol–water partition coefficient (Wildman–Crippen LogP) is 1.37. The molecule has 0 saturated heterocycles. The van der Waals surface area contributed by atoms with E-state index in [0.29, 0.717) is 12.1 Å². The Morgan fingerprint density at radius 3 is 2.47 bits per heavy atom. The minimum atomic E-state index is -0.255. The molecule has 0 unspecified atom stereocenters. The smallest absolute Gasteiger partial charge is 0.253 e. The number of rotatable bonds is 6. The van der Waals surface area contributed by atoms with E-state index in [4.69, 9.17) is 0 Å². The van der Waals surface area contributed by atoms with Gasteiger partial charge in [-0.25, -0.2) is 0 Å². The molecule has 0 radical (unpaired) electrons. The molecule has 0 aromatic heterocycles. The Balaban J connectivity index is 2.68. The summed E-state index contributed by atoms with van der Waals surface area (Å²) in [5, 5.41) is 8.44. The monoisotopic (exact) mass is 263 g/mol. The molecule has 0 aliphatic carbocycles. The molecular formula is C14H21N3O2. The number of para-hydroxylation sites is 1. The molecule has 104 valence electrons. The molecule has 0 spiro atoms. The van der Waals surface area contributed by atoms with E-state index in [1.807, 2.05) is 32.9 Å². The van der Waals surface area contributed by atoms with Crippen molar-refractivity contribution in [1.82, 2.24) is 10.6 Å². The molecule has 19 heavy (non-hydrogen) atoms. The Hall–Kier alpha value is -2.04. The first-order valence-electron chi connectivity index (χ1n) is 6.45. The Bertz CT molecular complexity index is 444. The normalized spacial score (nSPS) is 10.1. The third kappa shape index (κ3) is 4.99. The van der Waals surface area contributed by atoms with E-state index in [2.05, 4.69) is 16.0 Å². The van der Waals surface area contributed by atoms with Crippen molar-refractivity contribution >= 4 is 17.5 Å². The lowest BCUT2D eigenvalue weighted by Crippen LogP contribution is -2.37. The molecule has 5 heteroatoms. The Morgan fingerprint density at radius 1 is 1.16 bits per heavy atom. The van der Waals surface area contributed by atoms with Gasteiger partial charge in [0.2, 0.25) is 5.91 Å². The van der Waals surface area contributed by atoms with Crippen molar-refractivity contribution in [1.29, 1.82) is 0 Å². The fraction of sp³-hybridized carbons (Fsp3) is 0.429. The molecule has 0 aliphatic rings. The first kappa shape index (κ1) is 15.0. The quantitative estimate of drug-likeness (QED) is 0.726. The second kappa shape index (κ2) is 7.41. The summed E-state index contributed by atoms with van der Waals surface area (Å²) in [4.78, 5) is 23.3. The zero-order valence-electron chi connectivity index (χ0n) is 11.6. The van der Waals surface area contributed by atoms with Gasteiger partial charge in [0.1, 0.15) is 0 Å². The number of benzene rings is 1. The van der Waals surface area contributed by atoms with E-state index in [-0.39, 0.29) is 24.4 Å². The molecule has 0 fully saturated rings. The van der Waals surface area contributed by atoms with Crippen LogP contribution in [0.2, 0.25) is 0 Å². The number of carbonyl (C=O) groups excluding carboxylic acids is 2. The van der Waals surface area contributed by atoms with Gasteiger partial charge in [-0.2, -0.15) is 0 Å². The van der Waals surface area contributed by atoms with Gasteiger partial charge in [-0.1, -0.05) is 12.1 Å². The number of nitrogens with one attached hydrogen (secondary N) is 3. The minimum Gasteiger partial charge on any atom is -0.382 e. The Labute approximate surface area is 113 Å². The number of anilines is 1. The van der Waals surface area contributed by atoms with Crippen LogP contribution < -0.4 is 16.0 Å². The second-order valence-corrected chi connectivity index (χ2v) is 4.48. The van der Waals surface area contributed by atoms with Crippen molar-refractivity contribution in [2.45, 2.75) is 26.8 Å². The summed E-state index contributed by atoms with van der Waals surface area (Å²) in [5.74, 6) is -0.444. The predicted molar refractivity (Wildman–Crippen MR) is 76.2 cm³/mol. The molecule has 1 aromatic rings. The van der Waals surface area contributed by atoms with Crippen LogP contribution in [-0.4, -0.2) is 30.9 Å². The molecule has 1 rings (SSSR count). The van der Waals surface area contributed by atoms with E-state index in [9.17, 15) is 9.59 Å². The van der Waals surface area contributed by atoms with Gasteiger partial charge >= 0.3 is 0 Å². The van der Waals surface area contributed by atoms with Gasteiger partial charge in [0.05, 0.1) is 12.1 Å². The fourth-order valence-corrected chi connectivity index (χ4v) is 1.63. The lowest BCUT2D eigenvalue weighted by molar-refractivity contribution is -0.120. The summed E-state index contributed by atoms with van der Waals surface area (Å²) in [6, 6.07) is 7.48. The van der Waals surface area contributed by atoms with Crippen LogP contribution in [0.4, 0.5) is 5.69 Å². The number of hydrogen-bond acceptors (Lipinski definition) is 3. The zero-order chi connectivity index (χ0) is 14.3. The maximum atomic E-state index is 12.0. The average molecular weight is 263 g/mol. The molecule has 2 amide bonds. The summed E-state index contributed by atoms with van der Waals surface area (Å²) in [5.41, 5.74) is 1.31. The van der Waals surface area contributed by atoms with Gasteiger partial charge in [0.15, 0.2) is 0 Å². The summed E-state index contributed by atoms with van der Waals surface area (Å²) >= 11 is 0. The van der Waals surface area contributed by atoms with Gasteiger partial charge in [-0.3, -0.25) is 9.59 Å². The van der Waals surface area contributed by atoms with Crippen LogP contribution in [-0.2, 0) is 4.79 Å². The molecular weight excluding hydrogens is 242 g/mol. The van der Waals surface area contributed by atoms with Crippen LogP contribution in [0.3, 0.4) is 0 Å². The van der Waals surface area contributed by atoms with Crippen LogP contribution in [0.5, 0.6) is 0 Å². The van der Waals surface area contributed by atoms with Crippen molar-refractivity contribution in [2.24, 2.45) is 0 Å². The molecule has 0 aliphatic heterocycles. The Morgan fingerprint density at radius 2 is 1.84 bits per heavy atom. The van der Waals surface area contributed by atoms with Crippen molar-refractivity contribution in [2.75, 3.05) is 18.4 Å². The van der Waals surface area contributed by atoms with Crippen molar-refractivity contribution in [3.8, 4) is 0 Å². The number of amides is 2. The highest BCUT2D eigenvalue weighted by Crippen LogP contribution is 2.15. The molecule has 1 aromatic carbocycles. The lowest BCUT2D eigenvalue weighted by Gasteiger charge is -2.14. The molecule has 0 bridgehead atoms. The van der Waals surface area contributed by atoms with E-state index in [1.165, 1.54) is 0 Å². The summed E-state index contributed by atoms with van der Waals surface area (Å²) in [6.45, 7) is 6.39. The third-order valence-electron chi connectivity index (χ3n) is 2.40. The van der Waals surface area contributed by atoms with E-state index < -0.39 is 0 Å². The van der Waals surface area contributed by atoms with Crippen molar-refractivity contribution in [3.63, 3.8) is 0 Å². The maximum absolute atomic E-state index is 12.0. The van der Waals surface area contributed by atoms with E-state index in [0.717, 1.165) is 5.69 Å². The van der Waals surface area contributed by atoms with Crippen LogP contribution in [0.1, 0.15) is 31.1 Å². The van der Waals surface area contributed by atoms with Crippen LogP contribution >= 0.6 is 0 Å². The zero-order valence-corrected chi connectivity index (χ0v) is 11.6. The van der Waals surface area contributed by atoms with E-state index >= 15 is 0 Å². The lowest BCUT2D eigenvalue weighted by atomic mass is 10.1. The number of likely N-dealkylation sites (N-methyl/N-ethyl adjacent to an activating group) is 1. The van der Waals surface area contributed by atoms with Gasteiger partial charge in [0.25, 0.3) is 5.91 Å². The van der Waals surface area contributed by atoms with Gasteiger partial charge in [0, 0.05) is 18.3 Å². The van der Waals surface area contributed by atoms with Crippen LogP contribution in [0.15, 0.2) is 24.3 Å². The van der Waals surface area contributed by atoms with Gasteiger partial charge < -0.3 is 16.0 Å². The first-order valence-corrected chi connectivity index (χ1v) is 6.45. The third-order valence-corrected chi connectivity index (χ3v) is 2.40. The molecule has 0 saturated carbocycles.